The first kappa shape index (κ1) is 14.8. The van der Waals surface area contributed by atoms with Crippen molar-refractivity contribution in [2.24, 2.45) is 5.92 Å². The molecule has 0 spiro atoms. The van der Waals surface area contributed by atoms with E-state index in [1.54, 1.807) is 24.3 Å². The summed E-state index contributed by atoms with van der Waals surface area (Å²) in [6.45, 7) is 7.11. The van der Waals surface area contributed by atoms with Gasteiger partial charge in [-0.1, -0.05) is 32.6 Å². The quantitative estimate of drug-likeness (QED) is 0.651. The van der Waals surface area contributed by atoms with Gasteiger partial charge in [0.25, 0.3) is 0 Å². The molecule has 0 aliphatic carbocycles. The van der Waals surface area contributed by atoms with Crippen molar-refractivity contribution in [3.63, 3.8) is 0 Å². The van der Waals surface area contributed by atoms with Crippen LogP contribution in [0.5, 0.6) is 5.75 Å². The maximum Gasteiger partial charge on any atom is 0.330 e. The number of hydrogen-bond donors (Lipinski definition) is 1. The number of nitriles is 1. The summed E-state index contributed by atoms with van der Waals surface area (Å²) in [7, 11) is 0. The Labute approximate surface area is 112 Å². The third-order valence-corrected chi connectivity index (χ3v) is 3.20. The molecule has 1 aromatic rings. The molecule has 100 valence electrons. The van der Waals surface area contributed by atoms with Gasteiger partial charge >= 0.3 is 5.97 Å². The van der Waals surface area contributed by atoms with Crippen molar-refractivity contribution in [1.82, 2.24) is 0 Å². The Morgan fingerprint density at radius 3 is 2.58 bits per heavy atom. The topological polar surface area (TPSA) is 70.3 Å². The largest absolute Gasteiger partial charge is 0.508 e. The average Bonchev–Trinajstić information content (AvgIpc) is 2.39. The van der Waals surface area contributed by atoms with Gasteiger partial charge in [-0.05, 0) is 17.7 Å². The predicted octanol–water partition coefficient (Wildman–Crippen LogP) is 2.54. The molecule has 1 aromatic carbocycles. The Balaban J connectivity index is 2.89. The van der Waals surface area contributed by atoms with Crippen LogP contribution in [0.4, 0.5) is 0 Å². The number of esters is 1. The van der Waals surface area contributed by atoms with Gasteiger partial charge in [0.2, 0.25) is 0 Å². The van der Waals surface area contributed by atoms with Crippen LogP contribution < -0.4 is 0 Å². The van der Waals surface area contributed by atoms with Crippen molar-refractivity contribution in [3.8, 4) is 11.8 Å². The van der Waals surface area contributed by atoms with Crippen LogP contribution in [0.2, 0.25) is 0 Å². The molecule has 4 nitrogen and oxygen atoms in total. The lowest BCUT2D eigenvalue weighted by atomic mass is 9.74. The highest BCUT2D eigenvalue weighted by Crippen LogP contribution is 2.32. The number of carbonyl (C=O) groups is 1. The molecule has 1 unspecified atom stereocenters. The molecule has 0 aromatic heterocycles. The van der Waals surface area contributed by atoms with E-state index in [2.05, 4.69) is 12.6 Å². The molecule has 0 saturated carbocycles. The van der Waals surface area contributed by atoms with Crippen LogP contribution in [0.1, 0.15) is 19.4 Å². The van der Waals surface area contributed by atoms with Crippen LogP contribution in [0.25, 0.3) is 0 Å². The lowest BCUT2D eigenvalue weighted by Gasteiger charge is -2.29. The Morgan fingerprint density at radius 2 is 2.11 bits per heavy atom. The number of phenols is 1. The van der Waals surface area contributed by atoms with Gasteiger partial charge < -0.3 is 9.84 Å². The van der Waals surface area contributed by atoms with E-state index in [9.17, 15) is 15.2 Å². The monoisotopic (exact) mass is 259 g/mol. The fraction of sp³-hybridized carbons (Fsp3) is 0.333. The lowest BCUT2D eigenvalue weighted by Crippen LogP contribution is -2.31. The third-order valence-electron chi connectivity index (χ3n) is 3.20. The minimum absolute atomic E-state index is 0.00916. The molecule has 0 fully saturated rings. The second-order valence-corrected chi connectivity index (χ2v) is 4.78. The van der Waals surface area contributed by atoms with Crippen LogP contribution in [-0.4, -0.2) is 17.7 Å². The number of hydrogen-bond acceptors (Lipinski definition) is 4. The van der Waals surface area contributed by atoms with E-state index >= 15 is 0 Å². The summed E-state index contributed by atoms with van der Waals surface area (Å²) in [5, 5.41) is 18.5. The average molecular weight is 259 g/mol. The number of benzene rings is 1. The van der Waals surface area contributed by atoms with Gasteiger partial charge in [0, 0.05) is 11.5 Å². The van der Waals surface area contributed by atoms with E-state index in [1.165, 1.54) is 0 Å². The number of carbonyl (C=O) groups excluding carboxylic acids is 1. The fourth-order valence-corrected chi connectivity index (χ4v) is 1.72. The highest BCUT2D eigenvalue weighted by atomic mass is 16.5. The number of rotatable bonds is 5. The number of nitrogens with zero attached hydrogens (tertiary/aromatic N) is 1. The summed E-state index contributed by atoms with van der Waals surface area (Å²) in [6, 6.07) is 8.82. The Bertz CT molecular complexity index is 497. The highest BCUT2D eigenvalue weighted by molar-refractivity contribution is 5.81. The van der Waals surface area contributed by atoms with Crippen LogP contribution in [0, 0.1) is 17.2 Å². The van der Waals surface area contributed by atoms with Crippen LogP contribution in [0.3, 0.4) is 0 Å². The molecule has 1 rings (SSSR count). The second-order valence-electron chi connectivity index (χ2n) is 4.78. The maximum atomic E-state index is 11.1. The van der Waals surface area contributed by atoms with Crippen molar-refractivity contribution < 1.29 is 14.6 Å². The van der Waals surface area contributed by atoms with E-state index in [0.717, 1.165) is 11.6 Å². The zero-order valence-electron chi connectivity index (χ0n) is 11.1. The molecule has 0 amide bonds. The molecule has 1 atom stereocenters. The van der Waals surface area contributed by atoms with Crippen molar-refractivity contribution in [2.45, 2.75) is 19.3 Å². The fourth-order valence-electron chi connectivity index (χ4n) is 1.72. The lowest BCUT2D eigenvalue weighted by molar-refractivity contribution is -0.139. The molecule has 0 heterocycles. The van der Waals surface area contributed by atoms with Crippen LogP contribution in [-0.2, 0) is 14.9 Å². The van der Waals surface area contributed by atoms with Gasteiger partial charge in [-0.25, -0.2) is 4.79 Å². The summed E-state index contributed by atoms with van der Waals surface area (Å²) in [4.78, 5) is 11.1. The first-order valence-corrected chi connectivity index (χ1v) is 5.90. The second kappa shape index (κ2) is 6.05. The van der Waals surface area contributed by atoms with E-state index in [-0.39, 0.29) is 12.4 Å². The van der Waals surface area contributed by atoms with Gasteiger partial charge in [-0.15, -0.1) is 0 Å². The van der Waals surface area contributed by atoms with Gasteiger partial charge in [0.1, 0.15) is 12.4 Å². The third kappa shape index (κ3) is 3.59. The van der Waals surface area contributed by atoms with Crippen molar-refractivity contribution in [1.29, 1.82) is 5.26 Å². The van der Waals surface area contributed by atoms with Gasteiger partial charge in [-0.3, -0.25) is 0 Å². The summed E-state index contributed by atoms with van der Waals surface area (Å²) in [5.74, 6) is -0.853. The van der Waals surface area contributed by atoms with E-state index < -0.39 is 17.3 Å². The van der Waals surface area contributed by atoms with E-state index in [4.69, 9.17) is 4.74 Å². The Kier molecular flexibility index (Phi) is 4.71. The molecule has 0 aliphatic heterocycles. The molecule has 0 radical (unpaired) electrons. The number of aromatic hydroxyl groups is 1. The zero-order valence-corrected chi connectivity index (χ0v) is 11.1. The van der Waals surface area contributed by atoms with Gasteiger partial charge in [0.15, 0.2) is 0 Å². The van der Waals surface area contributed by atoms with Gasteiger partial charge in [-0.2, -0.15) is 5.26 Å². The molecule has 19 heavy (non-hydrogen) atoms. The molecular weight excluding hydrogens is 242 g/mol. The first-order chi connectivity index (χ1) is 8.91. The molecule has 0 saturated heterocycles. The molecular formula is C15H17NO3. The van der Waals surface area contributed by atoms with Crippen LogP contribution >= 0.6 is 0 Å². The summed E-state index contributed by atoms with van der Waals surface area (Å²) >= 11 is 0. The number of ether oxygens (including phenoxy) is 1. The summed E-state index contributed by atoms with van der Waals surface area (Å²) in [5.41, 5.74) is 0.399. The molecule has 0 aliphatic rings. The maximum absolute atomic E-state index is 11.1. The molecule has 0 bridgehead atoms. The van der Waals surface area contributed by atoms with Gasteiger partial charge in [0.05, 0.1) is 12.0 Å². The minimum Gasteiger partial charge on any atom is -0.508 e. The smallest absolute Gasteiger partial charge is 0.330 e. The number of phenolic OH excluding ortho intramolecular Hbond substituents is 1. The highest BCUT2D eigenvalue weighted by Gasteiger charge is 2.32. The zero-order chi connectivity index (χ0) is 14.5. The summed E-state index contributed by atoms with van der Waals surface area (Å²) < 4.78 is 4.95. The van der Waals surface area contributed by atoms with Crippen LogP contribution in [0.15, 0.2) is 36.9 Å². The molecule has 1 N–H and O–H groups in total. The van der Waals surface area contributed by atoms with Crippen molar-refractivity contribution in [2.75, 3.05) is 6.61 Å². The summed E-state index contributed by atoms with van der Waals surface area (Å²) in [6.07, 6.45) is 1.07. The SMILES string of the molecule is C=CC(=O)OCC(C#N)C(C)(C)c1ccc(O)cc1. The first-order valence-electron chi connectivity index (χ1n) is 5.90. The Hall–Kier alpha value is -2.28. The van der Waals surface area contributed by atoms with E-state index in [1.807, 2.05) is 13.8 Å². The van der Waals surface area contributed by atoms with Crippen molar-refractivity contribution >= 4 is 5.97 Å². The minimum atomic E-state index is -0.540. The standard InChI is InChI=1S/C15H17NO3/c1-4-14(18)19-10-12(9-16)15(2,3)11-5-7-13(17)8-6-11/h4-8,12,17H,1,10H2,2-3H3. The van der Waals surface area contributed by atoms with E-state index in [0.29, 0.717) is 0 Å². The normalized spacial score (nSPS) is 12.3. The van der Waals surface area contributed by atoms with Crippen molar-refractivity contribution in [3.05, 3.63) is 42.5 Å². The predicted molar refractivity (Wildman–Crippen MR) is 71.4 cm³/mol. The Morgan fingerprint density at radius 1 is 1.53 bits per heavy atom. The molecule has 4 heteroatoms.